The van der Waals surface area contributed by atoms with Gasteiger partial charge in [-0.15, -0.1) is 5.10 Å². The second kappa shape index (κ2) is 4.89. The number of ether oxygens (including phenoxy) is 1. The molecule has 0 aliphatic carbocycles. The van der Waals surface area contributed by atoms with Gasteiger partial charge in [0.2, 0.25) is 11.8 Å². The van der Waals surface area contributed by atoms with E-state index in [-0.39, 0.29) is 5.88 Å². The highest BCUT2D eigenvalue weighted by Crippen LogP contribution is 2.48. The van der Waals surface area contributed by atoms with Crippen LogP contribution >= 0.6 is 15.9 Å². The maximum atomic E-state index is 9.64. The molecule has 1 aliphatic rings. The summed E-state index contributed by atoms with van der Waals surface area (Å²) in [5.41, 5.74) is 9.41. The quantitative estimate of drug-likeness (QED) is 0.819. The van der Waals surface area contributed by atoms with Gasteiger partial charge >= 0.3 is 0 Å². The Kier molecular flexibility index (Phi) is 3.26. The first-order valence-electron chi connectivity index (χ1n) is 6.79. The Balaban J connectivity index is 2.38. The fourth-order valence-corrected chi connectivity index (χ4v) is 3.68. The van der Waals surface area contributed by atoms with Crippen LogP contribution in [-0.2, 0) is 5.41 Å². The number of aryl methyl sites for hydroxylation is 2. The van der Waals surface area contributed by atoms with E-state index < -0.39 is 5.41 Å². The van der Waals surface area contributed by atoms with Gasteiger partial charge in [-0.25, -0.2) is 0 Å². The summed E-state index contributed by atoms with van der Waals surface area (Å²) in [6.45, 7) is 5.90. The Morgan fingerprint density at radius 1 is 1.36 bits per heavy atom. The van der Waals surface area contributed by atoms with E-state index in [2.05, 4.69) is 38.3 Å². The zero-order chi connectivity index (χ0) is 16.1. The van der Waals surface area contributed by atoms with E-state index in [1.165, 1.54) is 0 Å². The van der Waals surface area contributed by atoms with Gasteiger partial charge in [-0.1, -0.05) is 22.0 Å². The molecule has 112 valence electrons. The van der Waals surface area contributed by atoms with Crippen LogP contribution in [0.4, 0.5) is 0 Å². The lowest BCUT2D eigenvalue weighted by Crippen LogP contribution is -2.34. The van der Waals surface area contributed by atoms with Gasteiger partial charge in [0, 0.05) is 10.2 Å². The minimum absolute atomic E-state index is 0.0987. The standard InChI is InChI=1S/C16H15BrN4O/c1-8-4-10(6-11(17)5-8)16(3)12(7-18)14(19)22-15-13(16)9(2)20-21-15/h4-6H,19H2,1-3H3,(H,20,21). The fraction of sp³-hybridized carbons (Fsp3) is 0.250. The third-order valence-electron chi connectivity index (χ3n) is 4.10. The molecule has 6 heteroatoms. The molecule has 3 rings (SSSR count). The Morgan fingerprint density at radius 2 is 2.09 bits per heavy atom. The Labute approximate surface area is 136 Å². The van der Waals surface area contributed by atoms with Gasteiger partial charge in [0.05, 0.1) is 11.0 Å². The van der Waals surface area contributed by atoms with Crippen molar-refractivity contribution >= 4 is 15.9 Å². The van der Waals surface area contributed by atoms with Crippen molar-refractivity contribution in [3.05, 3.63) is 56.5 Å². The van der Waals surface area contributed by atoms with Crippen LogP contribution in [0.2, 0.25) is 0 Å². The van der Waals surface area contributed by atoms with Crippen molar-refractivity contribution in [3.8, 4) is 11.9 Å². The largest absolute Gasteiger partial charge is 0.420 e. The summed E-state index contributed by atoms with van der Waals surface area (Å²) in [6.07, 6.45) is 0. The van der Waals surface area contributed by atoms with Crippen molar-refractivity contribution in [2.24, 2.45) is 5.73 Å². The number of H-pyrrole nitrogens is 1. The van der Waals surface area contributed by atoms with Crippen molar-refractivity contribution in [2.45, 2.75) is 26.2 Å². The Bertz CT molecular complexity index is 826. The van der Waals surface area contributed by atoms with Crippen molar-refractivity contribution in [2.75, 3.05) is 0 Å². The number of aromatic amines is 1. The normalized spacial score (nSPS) is 20.3. The summed E-state index contributed by atoms with van der Waals surface area (Å²) < 4.78 is 6.47. The number of aromatic nitrogens is 2. The predicted octanol–water partition coefficient (Wildman–Crippen LogP) is 3.18. The lowest BCUT2D eigenvalue weighted by Gasteiger charge is -2.34. The van der Waals surface area contributed by atoms with E-state index in [0.29, 0.717) is 11.5 Å². The molecule has 1 atom stereocenters. The zero-order valence-electron chi connectivity index (χ0n) is 12.5. The number of fused-ring (bicyclic) bond motifs is 1. The van der Waals surface area contributed by atoms with E-state index in [1.54, 1.807) is 0 Å². The fourth-order valence-electron chi connectivity index (χ4n) is 3.08. The minimum atomic E-state index is -0.710. The molecule has 0 saturated carbocycles. The molecule has 5 nitrogen and oxygen atoms in total. The monoisotopic (exact) mass is 358 g/mol. The van der Waals surface area contributed by atoms with Gasteiger partial charge < -0.3 is 10.5 Å². The molecule has 1 aliphatic heterocycles. The number of rotatable bonds is 1. The van der Waals surface area contributed by atoms with Gasteiger partial charge in [-0.2, -0.15) is 5.26 Å². The number of nitrogens with zero attached hydrogens (tertiary/aromatic N) is 2. The Morgan fingerprint density at radius 3 is 2.73 bits per heavy atom. The average molecular weight is 359 g/mol. The smallest absolute Gasteiger partial charge is 0.244 e. The molecular formula is C16H15BrN4O. The molecular weight excluding hydrogens is 344 g/mol. The van der Waals surface area contributed by atoms with E-state index >= 15 is 0 Å². The van der Waals surface area contributed by atoms with Crippen molar-refractivity contribution in [3.63, 3.8) is 0 Å². The summed E-state index contributed by atoms with van der Waals surface area (Å²) in [5, 5.41) is 16.7. The zero-order valence-corrected chi connectivity index (χ0v) is 14.1. The van der Waals surface area contributed by atoms with Gasteiger partial charge in [-0.3, -0.25) is 5.10 Å². The van der Waals surface area contributed by atoms with Crippen molar-refractivity contribution in [1.29, 1.82) is 5.26 Å². The molecule has 1 aromatic heterocycles. The second-order valence-electron chi connectivity index (χ2n) is 5.62. The predicted molar refractivity (Wildman–Crippen MR) is 86.1 cm³/mol. The molecule has 1 aromatic carbocycles. The molecule has 0 radical (unpaired) electrons. The number of nitrogens with two attached hydrogens (primary N) is 1. The van der Waals surface area contributed by atoms with E-state index in [1.807, 2.05) is 32.9 Å². The van der Waals surface area contributed by atoms with Crippen molar-refractivity contribution < 1.29 is 4.74 Å². The second-order valence-corrected chi connectivity index (χ2v) is 6.54. The first-order chi connectivity index (χ1) is 10.4. The topological polar surface area (TPSA) is 87.7 Å². The highest BCUT2D eigenvalue weighted by molar-refractivity contribution is 9.10. The molecule has 2 aromatic rings. The molecule has 0 saturated heterocycles. The van der Waals surface area contributed by atoms with Crippen LogP contribution in [0.5, 0.6) is 5.88 Å². The summed E-state index contributed by atoms with van der Waals surface area (Å²) in [7, 11) is 0. The lowest BCUT2D eigenvalue weighted by molar-refractivity contribution is 0.361. The van der Waals surface area contributed by atoms with E-state index in [9.17, 15) is 5.26 Å². The van der Waals surface area contributed by atoms with Crippen LogP contribution in [0, 0.1) is 25.2 Å². The Hall–Kier alpha value is -2.26. The summed E-state index contributed by atoms with van der Waals surface area (Å²) >= 11 is 3.53. The molecule has 3 N–H and O–H groups in total. The number of hydrogen-bond donors (Lipinski definition) is 2. The number of allylic oxidation sites excluding steroid dienone is 1. The first kappa shape index (κ1) is 14.7. The molecule has 0 spiro atoms. The molecule has 22 heavy (non-hydrogen) atoms. The van der Waals surface area contributed by atoms with Gasteiger partial charge in [0.15, 0.2) is 0 Å². The van der Waals surface area contributed by atoms with Crippen LogP contribution < -0.4 is 10.5 Å². The molecule has 0 bridgehead atoms. The SMILES string of the molecule is Cc1cc(Br)cc(C2(C)C(C#N)=C(N)Oc3n[nH]c(C)c32)c1. The third-order valence-corrected chi connectivity index (χ3v) is 4.56. The van der Waals surface area contributed by atoms with Gasteiger partial charge in [0.25, 0.3) is 0 Å². The third kappa shape index (κ3) is 1.93. The van der Waals surface area contributed by atoms with Crippen LogP contribution in [0.1, 0.15) is 29.3 Å². The number of benzene rings is 1. The number of nitrogens with one attached hydrogen (secondary N) is 1. The van der Waals surface area contributed by atoms with Gasteiger partial charge in [0.1, 0.15) is 11.6 Å². The molecule has 0 amide bonds. The highest BCUT2D eigenvalue weighted by atomic mass is 79.9. The summed E-state index contributed by atoms with van der Waals surface area (Å²) in [6, 6.07) is 8.29. The lowest BCUT2D eigenvalue weighted by atomic mass is 9.70. The van der Waals surface area contributed by atoms with E-state index in [0.717, 1.165) is 26.9 Å². The number of nitriles is 1. The molecule has 0 fully saturated rings. The maximum absolute atomic E-state index is 9.64. The van der Waals surface area contributed by atoms with Crippen LogP contribution in [0.25, 0.3) is 0 Å². The van der Waals surface area contributed by atoms with Crippen LogP contribution in [0.15, 0.2) is 34.1 Å². The maximum Gasteiger partial charge on any atom is 0.244 e. The summed E-state index contributed by atoms with van der Waals surface area (Å²) in [5.74, 6) is 0.524. The minimum Gasteiger partial charge on any atom is -0.420 e. The van der Waals surface area contributed by atoms with Crippen LogP contribution in [0.3, 0.4) is 0 Å². The summed E-state index contributed by atoms with van der Waals surface area (Å²) in [4.78, 5) is 0. The van der Waals surface area contributed by atoms with Crippen LogP contribution in [-0.4, -0.2) is 10.2 Å². The first-order valence-corrected chi connectivity index (χ1v) is 7.58. The highest BCUT2D eigenvalue weighted by Gasteiger charge is 2.44. The molecule has 2 heterocycles. The average Bonchev–Trinajstić information content (AvgIpc) is 2.79. The molecule has 1 unspecified atom stereocenters. The number of hydrogen-bond acceptors (Lipinski definition) is 4. The van der Waals surface area contributed by atoms with Crippen molar-refractivity contribution in [1.82, 2.24) is 10.2 Å². The van der Waals surface area contributed by atoms with E-state index in [4.69, 9.17) is 10.5 Å². The van der Waals surface area contributed by atoms with Gasteiger partial charge in [-0.05, 0) is 44.0 Å². The number of halogens is 1.